The van der Waals surface area contributed by atoms with Crippen molar-refractivity contribution in [2.75, 3.05) is 13.7 Å². The molecule has 7 nitrogen and oxygen atoms in total. The van der Waals surface area contributed by atoms with Crippen molar-refractivity contribution in [2.45, 2.75) is 19.9 Å². The SMILES string of the molecule is CCOC(=O)C1=C(C)N=c2s/c(=C/c3c[nH]c4ccccc34)c(=O)n2[C@H]1c1ccccc1OC. The van der Waals surface area contributed by atoms with Crippen molar-refractivity contribution in [1.82, 2.24) is 9.55 Å². The number of thiazole rings is 1. The molecule has 0 spiro atoms. The molecule has 0 saturated heterocycles. The maximum atomic E-state index is 13.7. The lowest BCUT2D eigenvalue weighted by Crippen LogP contribution is -2.40. The predicted octanol–water partition coefficient (Wildman–Crippen LogP) is 3.29. The molecule has 0 unspecified atom stereocenters. The summed E-state index contributed by atoms with van der Waals surface area (Å²) in [4.78, 5) is 35.2. The Hall–Kier alpha value is -3.91. The Kier molecular flexibility index (Phi) is 5.67. The Morgan fingerprint density at radius 1 is 1.21 bits per heavy atom. The van der Waals surface area contributed by atoms with Crippen molar-refractivity contribution >= 4 is 34.3 Å². The first-order valence-corrected chi connectivity index (χ1v) is 11.7. The van der Waals surface area contributed by atoms with Gasteiger partial charge in [-0.3, -0.25) is 9.36 Å². The normalized spacial score (nSPS) is 15.9. The topological polar surface area (TPSA) is 85.7 Å². The van der Waals surface area contributed by atoms with E-state index in [1.165, 1.54) is 11.3 Å². The molecule has 0 fully saturated rings. The Morgan fingerprint density at radius 2 is 1.97 bits per heavy atom. The number of nitrogens with one attached hydrogen (secondary N) is 1. The van der Waals surface area contributed by atoms with Crippen molar-refractivity contribution in [1.29, 1.82) is 0 Å². The van der Waals surface area contributed by atoms with Gasteiger partial charge in [-0.15, -0.1) is 0 Å². The fraction of sp³-hybridized carbons (Fsp3) is 0.192. The first-order valence-electron chi connectivity index (χ1n) is 10.9. The summed E-state index contributed by atoms with van der Waals surface area (Å²) in [6, 6.07) is 14.6. The fourth-order valence-corrected chi connectivity index (χ4v) is 5.37. The van der Waals surface area contributed by atoms with Crippen LogP contribution in [0.15, 0.2) is 75.8 Å². The summed E-state index contributed by atoms with van der Waals surface area (Å²) in [6.07, 6.45) is 3.75. The average Bonchev–Trinajstić information content (AvgIpc) is 3.39. The molecule has 0 amide bonds. The van der Waals surface area contributed by atoms with E-state index in [4.69, 9.17) is 9.47 Å². The minimum atomic E-state index is -0.712. The number of esters is 1. The molecule has 1 aliphatic rings. The van der Waals surface area contributed by atoms with Gasteiger partial charge in [-0.2, -0.15) is 0 Å². The monoisotopic (exact) mass is 473 g/mol. The van der Waals surface area contributed by atoms with Crippen LogP contribution in [0.2, 0.25) is 0 Å². The number of hydrogen-bond donors (Lipinski definition) is 1. The van der Waals surface area contributed by atoms with Crippen molar-refractivity contribution in [3.63, 3.8) is 0 Å². The zero-order valence-corrected chi connectivity index (χ0v) is 19.8. The second-order valence-corrected chi connectivity index (χ2v) is 8.84. The maximum absolute atomic E-state index is 13.7. The Morgan fingerprint density at radius 3 is 2.76 bits per heavy atom. The number of aromatic nitrogens is 2. The molecule has 5 rings (SSSR count). The smallest absolute Gasteiger partial charge is 0.338 e. The van der Waals surface area contributed by atoms with Gasteiger partial charge in [-0.05, 0) is 32.1 Å². The second kappa shape index (κ2) is 8.79. The van der Waals surface area contributed by atoms with Crippen molar-refractivity contribution in [2.24, 2.45) is 4.99 Å². The molecule has 1 atom stereocenters. The lowest BCUT2D eigenvalue weighted by molar-refractivity contribution is -0.139. The van der Waals surface area contributed by atoms with Crippen LogP contribution in [0.1, 0.15) is 31.0 Å². The van der Waals surface area contributed by atoms with E-state index in [2.05, 4.69) is 9.98 Å². The van der Waals surface area contributed by atoms with Gasteiger partial charge in [0.25, 0.3) is 5.56 Å². The fourth-order valence-electron chi connectivity index (χ4n) is 4.33. The van der Waals surface area contributed by atoms with Crippen molar-refractivity contribution in [3.05, 3.63) is 96.8 Å². The van der Waals surface area contributed by atoms with Gasteiger partial charge in [0.05, 0.1) is 29.5 Å². The number of carbonyl (C=O) groups excluding carboxylic acids is 1. The average molecular weight is 474 g/mol. The van der Waals surface area contributed by atoms with Crippen LogP contribution in [0.3, 0.4) is 0 Å². The molecule has 34 heavy (non-hydrogen) atoms. The van der Waals surface area contributed by atoms with Crippen LogP contribution in [0.5, 0.6) is 5.75 Å². The van der Waals surface area contributed by atoms with Crippen LogP contribution < -0.4 is 19.6 Å². The van der Waals surface area contributed by atoms with E-state index in [0.717, 1.165) is 16.5 Å². The highest BCUT2D eigenvalue weighted by atomic mass is 32.1. The number of methoxy groups -OCH3 is 1. The Labute approximate surface area is 199 Å². The summed E-state index contributed by atoms with van der Waals surface area (Å²) < 4.78 is 13.0. The van der Waals surface area contributed by atoms with Crippen molar-refractivity contribution in [3.8, 4) is 5.75 Å². The Balaban J connectivity index is 1.77. The van der Waals surface area contributed by atoms with E-state index in [1.54, 1.807) is 25.5 Å². The van der Waals surface area contributed by atoms with Crippen LogP contribution >= 0.6 is 11.3 Å². The van der Waals surface area contributed by atoms with Gasteiger partial charge >= 0.3 is 5.97 Å². The Bertz CT molecular complexity index is 1620. The number of para-hydroxylation sites is 2. The summed E-state index contributed by atoms with van der Waals surface area (Å²) >= 11 is 1.30. The zero-order chi connectivity index (χ0) is 23.8. The number of hydrogen-bond acceptors (Lipinski definition) is 6. The summed E-state index contributed by atoms with van der Waals surface area (Å²) in [5, 5.41) is 1.03. The quantitative estimate of drug-likeness (QED) is 0.451. The van der Waals surface area contributed by atoms with Crippen LogP contribution in [0, 0.1) is 0 Å². The van der Waals surface area contributed by atoms with E-state index in [9.17, 15) is 9.59 Å². The van der Waals surface area contributed by atoms with Crippen LogP contribution in [0.4, 0.5) is 0 Å². The van der Waals surface area contributed by atoms with E-state index in [1.807, 2.05) is 60.8 Å². The number of fused-ring (bicyclic) bond motifs is 2. The van der Waals surface area contributed by atoms with E-state index < -0.39 is 12.0 Å². The summed E-state index contributed by atoms with van der Waals surface area (Å²) in [5.74, 6) is 0.0840. The largest absolute Gasteiger partial charge is 0.496 e. The van der Waals surface area contributed by atoms with E-state index in [0.29, 0.717) is 31.9 Å². The minimum Gasteiger partial charge on any atom is -0.496 e. The molecular formula is C26H23N3O4S. The minimum absolute atomic E-state index is 0.221. The van der Waals surface area contributed by atoms with E-state index in [-0.39, 0.29) is 12.2 Å². The third-order valence-electron chi connectivity index (χ3n) is 5.86. The molecule has 0 bridgehead atoms. The molecule has 0 aliphatic carbocycles. The molecule has 172 valence electrons. The number of rotatable bonds is 5. The third-order valence-corrected chi connectivity index (χ3v) is 6.84. The number of aromatic amines is 1. The lowest BCUT2D eigenvalue weighted by atomic mass is 9.95. The first-order chi connectivity index (χ1) is 16.5. The molecular weight excluding hydrogens is 450 g/mol. The molecule has 2 aromatic heterocycles. The second-order valence-electron chi connectivity index (χ2n) is 7.83. The van der Waals surface area contributed by atoms with Gasteiger partial charge in [-0.25, -0.2) is 9.79 Å². The molecule has 3 heterocycles. The highest BCUT2D eigenvalue weighted by Gasteiger charge is 2.34. The molecule has 8 heteroatoms. The van der Waals surface area contributed by atoms with E-state index >= 15 is 0 Å². The summed E-state index contributed by atoms with van der Waals surface area (Å²) in [7, 11) is 1.57. The summed E-state index contributed by atoms with van der Waals surface area (Å²) in [6.45, 7) is 3.74. The number of allylic oxidation sites excluding steroid dienone is 1. The lowest BCUT2D eigenvalue weighted by Gasteiger charge is -2.25. The number of benzene rings is 2. The molecule has 1 N–H and O–H groups in total. The van der Waals surface area contributed by atoms with Crippen LogP contribution in [-0.2, 0) is 9.53 Å². The van der Waals surface area contributed by atoms with Crippen LogP contribution in [-0.4, -0.2) is 29.2 Å². The van der Waals surface area contributed by atoms with Gasteiger partial charge < -0.3 is 14.5 Å². The molecule has 1 aliphatic heterocycles. The van der Waals surface area contributed by atoms with Gasteiger partial charge in [0, 0.05) is 28.2 Å². The standard InChI is InChI=1S/C26H23N3O4S/c1-4-33-25(31)22-15(2)28-26-29(23(22)18-10-6-8-12-20(18)32-3)24(30)21(34-26)13-16-14-27-19-11-7-5-9-17(16)19/h5-14,23,27H,4H2,1-3H3/b21-13+/t23-/m0/s1. The van der Waals surface area contributed by atoms with Gasteiger partial charge in [0.1, 0.15) is 11.8 Å². The highest BCUT2D eigenvalue weighted by Crippen LogP contribution is 2.35. The summed E-state index contributed by atoms with van der Waals surface area (Å²) in [5.41, 5.74) is 3.23. The molecule has 0 radical (unpaired) electrons. The number of ether oxygens (including phenoxy) is 2. The number of H-pyrrole nitrogens is 1. The zero-order valence-electron chi connectivity index (χ0n) is 19.0. The molecule has 2 aromatic carbocycles. The number of carbonyl (C=O) groups is 1. The predicted molar refractivity (Wildman–Crippen MR) is 132 cm³/mol. The molecule has 0 saturated carbocycles. The number of nitrogens with zero attached hydrogens (tertiary/aromatic N) is 2. The third kappa shape index (κ3) is 3.56. The first kappa shape index (κ1) is 21.9. The van der Waals surface area contributed by atoms with Gasteiger partial charge in [0.15, 0.2) is 4.80 Å². The molecule has 4 aromatic rings. The van der Waals surface area contributed by atoms with Crippen LogP contribution in [0.25, 0.3) is 17.0 Å². The highest BCUT2D eigenvalue weighted by molar-refractivity contribution is 7.07. The van der Waals surface area contributed by atoms with Gasteiger partial charge in [-0.1, -0.05) is 47.7 Å². The maximum Gasteiger partial charge on any atom is 0.338 e. The van der Waals surface area contributed by atoms with Crippen molar-refractivity contribution < 1.29 is 14.3 Å². The van der Waals surface area contributed by atoms with Gasteiger partial charge in [0.2, 0.25) is 0 Å².